The summed E-state index contributed by atoms with van der Waals surface area (Å²) in [4.78, 5) is 1.62. The molecule has 19 heavy (non-hydrogen) atoms. The Morgan fingerprint density at radius 2 is 1.89 bits per heavy atom. The van der Waals surface area contributed by atoms with E-state index >= 15 is 0 Å². The van der Waals surface area contributed by atoms with Crippen LogP contribution in [-0.2, 0) is 6.42 Å². The van der Waals surface area contributed by atoms with Crippen molar-refractivity contribution >= 4 is 17.4 Å². The van der Waals surface area contributed by atoms with Gasteiger partial charge in [-0.1, -0.05) is 6.92 Å². The molecule has 0 saturated carbocycles. The van der Waals surface area contributed by atoms with Crippen LogP contribution in [0.5, 0.6) is 0 Å². The molecule has 0 radical (unpaired) electrons. The average Bonchev–Trinajstić information content (AvgIpc) is 2.35. The molecule has 0 amide bonds. The Hall–Kier alpha value is -0.810. The van der Waals surface area contributed by atoms with Gasteiger partial charge in [0.2, 0.25) is 0 Å². The molecule has 1 rings (SSSR count). The van der Waals surface area contributed by atoms with E-state index in [1.54, 1.807) is 23.7 Å². The second-order valence-electron chi connectivity index (χ2n) is 4.69. The second kappa shape index (κ2) is 7.70. The molecule has 108 valence electrons. The van der Waals surface area contributed by atoms with Gasteiger partial charge in [-0.15, -0.1) is 0 Å². The van der Waals surface area contributed by atoms with Gasteiger partial charge in [0.05, 0.1) is 0 Å². The van der Waals surface area contributed by atoms with Crippen molar-refractivity contribution in [1.29, 1.82) is 0 Å². The van der Waals surface area contributed by atoms with Crippen molar-refractivity contribution in [3.63, 3.8) is 0 Å². The molecule has 1 aromatic carbocycles. The summed E-state index contributed by atoms with van der Waals surface area (Å²) in [5.74, 6) is -0.193. The molecule has 0 bridgehead atoms. The van der Waals surface area contributed by atoms with Crippen LogP contribution in [0.2, 0.25) is 0 Å². The normalized spacial score (nSPS) is 12.5. The summed E-state index contributed by atoms with van der Waals surface area (Å²) >= 11 is 1.65. The van der Waals surface area contributed by atoms with Crippen LogP contribution in [0, 0.1) is 11.6 Å². The first-order valence-electron chi connectivity index (χ1n) is 6.43. The smallest absolute Gasteiger partial charge is 0.149 e. The molecule has 0 aromatic heterocycles. The minimum absolute atomic E-state index is 0.0443. The molecule has 0 spiro atoms. The first-order valence-corrected chi connectivity index (χ1v) is 7.82. The van der Waals surface area contributed by atoms with E-state index in [1.807, 2.05) is 13.2 Å². The maximum absolute atomic E-state index is 14.0. The zero-order valence-electron chi connectivity index (χ0n) is 11.7. The lowest BCUT2D eigenvalue weighted by atomic mass is 10.0. The van der Waals surface area contributed by atoms with Gasteiger partial charge in [-0.05, 0) is 36.8 Å². The van der Waals surface area contributed by atoms with Gasteiger partial charge in [-0.3, -0.25) is 0 Å². The topological polar surface area (TPSA) is 29.3 Å². The standard InChI is InChI=1S/C14H22F2N2S/c1-4-11(17)7-10-8-12(15)14(13(16)9-10)18(2)5-6-19-3/h8-9,11H,4-7,17H2,1-3H3. The highest BCUT2D eigenvalue weighted by molar-refractivity contribution is 7.98. The Balaban J connectivity index is 2.90. The predicted molar refractivity (Wildman–Crippen MR) is 80.0 cm³/mol. The van der Waals surface area contributed by atoms with Crippen LogP contribution in [0.25, 0.3) is 0 Å². The first kappa shape index (κ1) is 16.2. The van der Waals surface area contributed by atoms with Gasteiger partial charge in [0.15, 0.2) is 0 Å². The van der Waals surface area contributed by atoms with E-state index in [1.165, 1.54) is 12.1 Å². The van der Waals surface area contributed by atoms with E-state index in [-0.39, 0.29) is 11.7 Å². The van der Waals surface area contributed by atoms with Crippen LogP contribution in [0.1, 0.15) is 18.9 Å². The molecule has 0 aliphatic rings. The van der Waals surface area contributed by atoms with E-state index < -0.39 is 11.6 Å². The third kappa shape index (κ3) is 4.66. The fourth-order valence-corrected chi connectivity index (χ4v) is 2.34. The number of thioether (sulfide) groups is 1. The molecule has 1 unspecified atom stereocenters. The molecule has 2 nitrogen and oxygen atoms in total. The number of nitrogens with two attached hydrogens (primary N) is 1. The molecule has 1 atom stereocenters. The largest absolute Gasteiger partial charge is 0.369 e. The first-order chi connectivity index (χ1) is 8.99. The average molecular weight is 288 g/mol. The van der Waals surface area contributed by atoms with Gasteiger partial charge in [0.25, 0.3) is 0 Å². The number of nitrogens with zero attached hydrogens (tertiary/aromatic N) is 1. The zero-order chi connectivity index (χ0) is 14.4. The lowest BCUT2D eigenvalue weighted by molar-refractivity contribution is 0.569. The van der Waals surface area contributed by atoms with Gasteiger partial charge in [-0.25, -0.2) is 8.78 Å². The summed E-state index contributed by atoms with van der Waals surface area (Å²) in [5, 5.41) is 0. The quantitative estimate of drug-likeness (QED) is 0.836. The van der Waals surface area contributed by atoms with Gasteiger partial charge in [0, 0.05) is 25.4 Å². The van der Waals surface area contributed by atoms with Crippen molar-refractivity contribution < 1.29 is 8.78 Å². The number of hydrogen-bond acceptors (Lipinski definition) is 3. The molecule has 1 aromatic rings. The van der Waals surface area contributed by atoms with Crippen molar-refractivity contribution in [2.24, 2.45) is 5.73 Å². The summed E-state index contributed by atoms with van der Waals surface area (Å²) in [5.41, 5.74) is 6.47. The number of hydrogen-bond donors (Lipinski definition) is 1. The molecule has 2 N–H and O–H groups in total. The Kier molecular flexibility index (Phi) is 6.58. The zero-order valence-corrected chi connectivity index (χ0v) is 12.6. The Labute approximate surface area is 118 Å². The van der Waals surface area contributed by atoms with Crippen molar-refractivity contribution in [3.05, 3.63) is 29.3 Å². The number of halogens is 2. The van der Waals surface area contributed by atoms with Gasteiger partial charge < -0.3 is 10.6 Å². The minimum atomic E-state index is -0.512. The Bertz CT molecular complexity index is 389. The minimum Gasteiger partial charge on any atom is -0.369 e. The van der Waals surface area contributed by atoms with Gasteiger partial charge >= 0.3 is 0 Å². The fraction of sp³-hybridized carbons (Fsp3) is 0.571. The highest BCUT2D eigenvalue weighted by Gasteiger charge is 2.15. The summed E-state index contributed by atoms with van der Waals surface area (Å²) in [7, 11) is 1.70. The van der Waals surface area contributed by atoms with E-state index in [4.69, 9.17) is 5.73 Å². The van der Waals surface area contributed by atoms with Crippen LogP contribution in [0.3, 0.4) is 0 Å². The van der Waals surface area contributed by atoms with Crippen molar-refractivity contribution in [3.8, 4) is 0 Å². The molecule has 0 heterocycles. The third-order valence-electron chi connectivity index (χ3n) is 3.11. The van der Waals surface area contributed by atoms with Crippen molar-refractivity contribution in [2.75, 3.05) is 30.5 Å². The number of rotatable bonds is 7. The van der Waals surface area contributed by atoms with Crippen LogP contribution < -0.4 is 10.6 Å². The van der Waals surface area contributed by atoms with Crippen LogP contribution in [-0.4, -0.2) is 31.6 Å². The number of anilines is 1. The third-order valence-corrected chi connectivity index (χ3v) is 3.70. The fourth-order valence-electron chi connectivity index (χ4n) is 1.89. The van der Waals surface area contributed by atoms with Gasteiger partial charge in [-0.2, -0.15) is 11.8 Å². The Morgan fingerprint density at radius 1 is 1.32 bits per heavy atom. The highest BCUT2D eigenvalue weighted by atomic mass is 32.2. The van der Waals surface area contributed by atoms with E-state index in [0.29, 0.717) is 18.5 Å². The van der Waals surface area contributed by atoms with Crippen LogP contribution in [0.4, 0.5) is 14.5 Å². The summed E-state index contributed by atoms with van der Waals surface area (Å²) in [6.45, 7) is 2.57. The maximum atomic E-state index is 14.0. The molecule has 5 heteroatoms. The van der Waals surface area contributed by atoms with Crippen molar-refractivity contribution in [1.82, 2.24) is 0 Å². The van der Waals surface area contributed by atoms with E-state index in [9.17, 15) is 8.78 Å². The van der Waals surface area contributed by atoms with Crippen molar-refractivity contribution in [2.45, 2.75) is 25.8 Å². The molecule has 0 aliphatic heterocycles. The predicted octanol–water partition coefficient (Wildman–Crippen LogP) is 3.04. The maximum Gasteiger partial charge on any atom is 0.149 e. The SMILES string of the molecule is CCC(N)Cc1cc(F)c(N(C)CCSC)c(F)c1. The van der Waals surface area contributed by atoms with Crippen LogP contribution >= 0.6 is 11.8 Å². The molecular formula is C14H22F2N2S. The lowest BCUT2D eigenvalue weighted by Gasteiger charge is -2.21. The van der Waals surface area contributed by atoms with E-state index in [0.717, 1.165) is 12.2 Å². The number of benzene rings is 1. The summed E-state index contributed by atoms with van der Waals surface area (Å²) in [6.07, 6.45) is 3.26. The Morgan fingerprint density at radius 3 is 2.37 bits per heavy atom. The van der Waals surface area contributed by atoms with Gasteiger partial charge in [0.1, 0.15) is 17.3 Å². The molecule has 0 aliphatic carbocycles. The second-order valence-corrected chi connectivity index (χ2v) is 5.68. The molecule has 0 saturated heterocycles. The monoisotopic (exact) mass is 288 g/mol. The highest BCUT2D eigenvalue weighted by Crippen LogP contribution is 2.25. The molecular weight excluding hydrogens is 266 g/mol. The summed E-state index contributed by atoms with van der Waals surface area (Å²) < 4.78 is 28.0. The van der Waals surface area contributed by atoms with E-state index in [2.05, 4.69) is 0 Å². The van der Waals surface area contributed by atoms with Crippen LogP contribution in [0.15, 0.2) is 12.1 Å². The lowest BCUT2D eigenvalue weighted by Crippen LogP contribution is -2.24. The summed E-state index contributed by atoms with van der Waals surface area (Å²) in [6, 6.07) is 2.73. The molecule has 0 fully saturated rings.